The zero-order chi connectivity index (χ0) is 13.3. The number of ketones is 1. The SMILES string of the molecule is O=C1c2ccccc2CCC1(Br)Cc1ccccc1. The molecule has 0 aliphatic heterocycles. The highest BCUT2D eigenvalue weighted by molar-refractivity contribution is 9.10. The zero-order valence-electron chi connectivity index (χ0n) is 10.6. The first kappa shape index (κ1) is 12.6. The lowest BCUT2D eigenvalue weighted by Crippen LogP contribution is -2.39. The predicted octanol–water partition coefficient (Wildman–Crippen LogP) is 4.19. The molecule has 0 amide bonds. The molecule has 96 valence electrons. The monoisotopic (exact) mass is 314 g/mol. The Morgan fingerprint density at radius 1 is 1.00 bits per heavy atom. The second kappa shape index (κ2) is 4.93. The maximum absolute atomic E-state index is 12.7. The van der Waals surface area contributed by atoms with Gasteiger partial charge >= 0.3 is 0 Å². The van der Waals surface area contributed by atoms with E-state index in [9.17, 15) is 4.79 Å². The fourth-order valence-corrected chi connectivity index (χ4v) is 3.47. The lowest BCUT2D eigenvalue weighted by molar-refractivity contribution is 0.0931. The van der Waals surface area contributed by atoms with Crippen LogP contribution in [0.5, 0.6) is 0 Å². The Bertz CT molecular complexity index is 606. The number of hydrogen-bond donors (Lipinski definition) is 0. The second-order valence-corrected chi connectivity index (χ2v) is 6.63. The fraction of sp³-hybridized carbons (Fsp3) is 0.235. The van der Waals surface area contributed by atoms with E-state index >= 15 is 0 Å². The van der Waals surface area contributed by atoms with Gasteiger partial charge in [-0.3, -0.25) is 4.79 Å². The van der Waals surface area contributed by atoms with Crippen LogP contribution in [-0.4, -0.2) is 10.1 Å². The molecule has 0 saturated heterocycles. The molecule has 1 nitrogen and oxygen atoms in total. The van der Waals surface area contributed by atoms with Crippen LogP contribution in [-0.2, 0) is 12.8 Å². The quantitative estimate of drug-likeness (QED) is 0.760. The Morgan fingerprint density at radius 2 is 1.68 bits per heavy atom. The summed E-state index contributed by atoms with van der Waals surface area (Å²) in [6.45, 7) is 0. The van der Waals surface area contributed by atoms with Crippen molar-refractivity contribution < 1.29 is 4.79 Å². The van der Waals surface area contributed by atoms with E-state index in [1.807, 2.05) is 36.4 Å². The van der Waals surface area contributed by atoms with Gasteiger partial charge in [-0.2, -0.15) is 0 Å². The molecule has 0 N–H and O–H groups in total. The maximum Gasteiger partial charge on any atom is 0.180 e. The first-order valence-electron chi connectivity index (χ1n) is 6.55. The third-order valence-electron chi connectivity index (χ3n) is 3.79. The minimum Gasteiger partial charge on any atom is -0.293 e. The lowest BCUT2D eigenvalue weighted by atomic mass is 9.79. The van der Waals surface area contributed by atoms with Gasteiger partial charge in [0.25, 0.3) is 0 Å². The van der Waals surface area contributed by atoms with Crippen LogP contribution in [0.2, 0.25) is 0 Å². The number of aryl methyl sites for hydroxylation is 1. The second-order valence-electron chi connectivity index (χ2n) is 5.11. The number of carbonyl (C=O) groups is 1. The first-order chi connectivity index (χ1) is 9.19. The molecule has 0 fully saturated rings. The van der Waals surface area contributed by atoms with Crippen LogP contribution in [0.15, 0.2) is 54.6 Å². The van der Waals surface area contributed by atoms with Crippen LogP contribution < -0.4 is 0 Å². The van der Waals surface area contributed by atoms with Crippen LogP contribution in [0.25, 0.3) is 0 Å². The van der Waals surface area contributed by atoms with Crippen LogP contribution in [0.1, 0.15) is 27.9 Å². The summed E-state index contributed by atoms with van der Waals surface area (Å²) in [7, 11) is 0. The van der Waals surface area contributed by atoms with E-state index in [2.05, 4.69) is 34.1 Å². The molecule has 0 saturated carbocycles. The number of benzene rings is 2. The molecule has 1 aliphatic rings. The molecule has 0 heterocycles. The summed E-state index contributed by atoms with van der Waals surface area (Å²) in [6.07, 6.45) is 2.57. The molecule has 1 unspecified atom stereocenters. The number of Topliss-reactive ketones (excluding diaryl/α,β-unsaturated/α-hetero) is 1. The molecule has 2 aromatic rings. The average molecular weight is 315 g/mol. The number of rotatable bonds is 2. The fourth-order valence-electron chi connectivity index (χ4n) is 2.74. The Balaban J connectivity index is 1.92. The summed E-state index contributed by atoms with van der Waals surface area (Å²) >= 11 is 3.72. The number of carbonyl (C=O) groups excluding carboxylic acids is 1. The molecule has 19 heavy (non-hydrogen) atoms. The zero-order valence-corrected chi connectivity index (χ0v) is 12.2. The van der Waals surface area contributed by atoms with Crippen molar-refractivity contribution in [2.45, 2.75) is 23.6 Å². The Kier molecular flexibility index (Phi) is 3.28. The maximum atomic E-state index is 12.7. The first-order valence-corrected chi connectivity index (χ1v) is 7.34. The molecule has 2 aromatic carbocycles. The minimum absolute atomic E-state index is 0.221. The van der Waals surface area contributed by atoms with E-state index in [0.717, 1.165) is 24.8 Å². The van der Waals surface area contributed by atoms with Crippen LogP contribution in [0, 0.1) is 0 Å². The average Bonchev–Trinajstić information content (AvgIpc) is 2.45. The standard InChI is InChI=1S/C17H15BrO/c18-17(12-13-6-2-1-3-7-13)11-10-14-8-4-5-9-15(14)16(17)19/h1-9H,10-12H2. The van der Waals surface area contributed by atoms with E-state index < -0.39 is 4.32 Å². The summed E-state index contributed by atoms with van der Waals surface area (Å²) in [5.74, 6) is 0.221. The van der Waals surface area contributed by atoms with Crippen LogP contribution >= 0.6 is 15.9 Å². The van der Waals surface area contributed by atoms with E-state index in [1.165, 1.54) is 11.1 Å². The van der Waals surface area contributed by atoms with Gasteiger partial charge in [0.1, 0.15) is 0 Å². The molecule has 0 radical (unpaired) electrons. The van der Waals surface area contributed by atoms with E-state index in [-0.39, 0.29) is 5.78 Å². The molecular weight excluding hydrogens is 300 g/mol. The molecule has 0 aromatic heterocycles. The summed E-state index contributed by atoms with van der Waals surface area (Å²) in [6, 6.07) is 18.2. The summed E-state index contributed by atoms with van der Waals surface area (Å²) < 4.78 is -0.442. The van der Waals surface area contributed by atoms with Crippen molar-refractivity contribution in [3.8, 4) is 0 Å². The van der Waals surface area contributed by atoms with Gasteiger partial charge in [-0.25, -0.2) is 0 Å². The summed E-state index contributed by atoms with van der Waals surface area (Å²) in [5, 5.41) is 0. The summed E-state index contributed by atoms with van der Waals surface area (Å²) in [5.41, 5.74) is 3.25. The van der Waals surface area contributed by atoms with E-state index in [0.29, 0.717) is 0 Å². The number of halogens is 1. The largest absolute Gasteiger partial charge is 0.293 e. The molecule has 2 heteroatoms. The van der Waals surface area contributed by atoms with Crippen molar-refractivity contribution in [3.05, 3.63) is 71.3 Å². The van der Waals surface area contributed by atoms with E-state index in [1.54, 1.807) is 0 Å². The molecule has 1 atom stereocenters. The Labute approximate surface area is 121 Å². The summed E-state index contributed by atoms with van der Waals surface area (Å²) in [4.78, 5) is 12.7. The van der Waals surface area contributed by atoms with E-state index in [4.69, 9.17) is 0 Å². The van der Waals surface area contributed by atoms with Crippen LogP contribution in [0.4, 0.5) is 0 Å². The van der Waals surface area contributed by atoms with Gasteiger partial charge in [-0.1, -0.05) is 70.5 Å². The topological polar surface area (TPSA) is 17.1 Å². The molecular formula is C17H15BrO. The van der Waals surface area contributed by atoms with Gasteiger partial charge in [0.15, 0.2) is 5.78 Å². The predicted molar refractivity (Wildman–Crippen MR) is 80.9 cm³/mol. The van der Waals surface area contributed by atoms with Gasteiger partial charge in [-0.15, -0.1) is 0 Å². The Hall–Kier alpha value is -1.41. The highest BCUT2D eigenvalue weighted by Crippen LogP contribution is 2.37. The van der Waals surface area contributed by atoms with Gasteiger partial charge in [0, 0.05) is 5.56 Å². The molecule has 0 spiro atoms. The Morgan fingerprint density at radius 3 is 2.47 bits per heavy atom. The van der Waals surface area contributed by atoms with Gasteiger partial charge in [0.2, 0.25) is 0 Å². The smallest absolute Gasteiger partial charge is 0.180 e. The van der Waals surface area contributed by atoms with Crippen LogP contribution in [0.3, 0.4) is 0 Å². The lowest BCUT2D eigenvalue weighted by Gasteiger charge is -2.31. The van der Waals surface area contributed by atoms with Crippen molar-refractivity contribution in [2.75, 3.05) is 0 Å². The number of hydrogen-bond acceptors (Lipinski definition) is 1. The van der Waals surface area contributed by atoms with Crippen molar-refractivity contribution >= 4 is 21.7 Å². The number of fused-ring (bicyclic) bond motifs is 1. The van der Waals surface area contributed by atoms with Gasteiger partial charge < -0.3 is 0 Å². The molecule has 1 aliphatic carbocycles. The van der Waals surface area contributed by atoms with Gasteiger partial charge in [0.05, 0.1) is 4.32 Å². The van der Waals surface area contributed by atoms with Crippen molar-refractivity contribution in [1.29, 1.82) is 0 Å². The molecule has 0 bridgehead atoms. The normalized spacial score (nSPS) is 22.1. The third kappa shape index (κ3) is 2.37. The highest BCUT2D eigenvalue weighted by Gasteiger charge is 2.40. The molecule has 3 rings (SSSR count). The van der Waals surface area contributed by atoms with Crippen molar-refractivity contribution in [3.63, 3.8) is 0 Å². The van der Waals surface area contributed by atoms with Gasteiger partial charge in [-0.05, 0) is 30.4 Å². The highest BCUT2D eigenvalue weighted by atomic mass is 79.9. The third-order valence-corrected chi connectivity index (χ3v) is 4.82. The van der Waals surface area contributed by atoms with Crippen molar-refractivity contribution in [1.82, 2.24) is 0 Å². The number of alkyl halides is 1. The van der Waals surface area contributed by atoms with Crippen molar-refractivity contribution in [2.24, 2.45) is 0 Å². The minimum atomic E-state index is -0.442.